The molecular weight excluding hydrogens is 491 g/mol. The standard InChI is InChI=1S/C29H40F3N5O/c1-28(2,3)22-6-8-25(9-7-22)36-19-17-35(18-20-36)14-4-5-27(38)37-15-11-23(12-16-37)34-24-10-13-33-26(21-24)29(30,31)32/h6-10,13,21,23H,4-5,11-12,14-20H2,1-3H3,(H,33,34). The number of aromatic nitrogens is 1. The molecule has 0 aliphatic carbocycles. The van der Waals surface area contributed by atoms with Crippen LogP contribution in [0.3, 0.4) is 0 Å². The zero-order chi connectivity index (χ0) is 27.3. The summed E-state index contributed by atoms with van der Waals surface area (Å²) in [4.78, 5) is 22.9. The third-order valence-corrected chi connectivity index (χ3v) is 7.60. The van der Waals surface area contributed by atoms with E-state index >= 15 is 0 Å². The van der Waals surface area contributed by atoms with E-state index in [1.807, 2.05) is 4.90 Å². The van der Waals surface area contributed by atoms with Gasteiger partial charge in [0.25, 0.3) is 0 Å². The molecular formula is C29H40F3N5O. The molecule has 1 N–H and O–H groups in total. The van der Waals surface area contributed by atoms with Crippen molar-refractivity contribution in [3.8, 4) is 0 Å². The summed E-state index contributed by atoms with van der Waals surface area (Å²) < 4.78 is 38.7. The van der Waals surface area contributed by atoms with Crippen LogP contribution in [0.25, 0.3) is 0 Å². The number of rotatable bonds is 7. The van der Waals surface area contributed by atoms with Gasteiger partial charge in [0.15, 0.2) is 0 Å². The summed E-state index contributed by atoms with van der Waals surface area (Å²) in [7, 11) is 0. The van der Waals surface area contributed by atoms with Crippen molar-refractivity contribution in [3.63, 3.8) is 0 Å². The summed E-state index contributed by atoms with van der Waals surface area (Å²) in [5, 5.41) is 3.17. The molecule has 0 unspecified atom stereocenters. The third-order valence-electron chi connectivity index (χ3n) is 7.60. The van der Waals surface area contributed by atoms with E-state index in [-0.39, 0.29) is 17.4 Å². The quantitative estimate of drug-likeness (QED) is 0.518. The molecule has 2 saturated heterocycles. The normalized spacial score (nSPS) is 18.1. The van der Waals surface area contributed by atoms with Crippen molar-refractivity contribution >= 4 is 17.3 Å². The minimum Gasteiger partial charge on any atom is -0.382 e. The summed E-state index contributed by atoms with van der Waals surface area (Å²) in [6, 6.07) is 11.6. The Bertz CT molecular complexity index is 1050. The van der Waals surface area contributed by atoms with E-state index in [1.54, 1.807) is 6.07 Å². The topological polar surface area (TPSA) is 51.7 Å². The first-order valence-electron chi connectivity index (χ1n) is 13.6. The number of hydrogen-bond acceptors (Lipinski definition) is 5. The second-order valence-corrected chi connectivity index (χ2v) is 11.5. The lowest BCUT2D eigenvalue weighted by Crippen LogP contribution is -2.47. The van der Waals surface area contributed by atoms with Crippen molar-refractivity contribution in [2.75, 3.05) is 56.0 Å². The molecule has 1 amide bonds. The Balaban J connectivity index is 1.13. The van der Waals surface area contributed by atoms with Crippen LogP contribution in [-0.2, 0) is 16.4 Å². The Morgan fingerprint density at radius 1 is 0.974 bits per heavy atom. The number of anilines is 2. The molecule has 0 radical (unpaired) electrons. The van der Waals surface area contributed by atoms with Gasteiger partial charge in [-0.3, -0.25) is 14.7 Å². The van der Waals surface area contributed by atoms with Gasteiger partial charge in [0, 0.05) is 69.3 Å². The number of carbonyl (C=O) groups is 1. The van der Waals surface area contributed by atoms with Crippen LogP contribution in [-0.4, -0.2) is 72.5 Å². The van der Waals surface area contributed by atoms with Crippen LogP contribution in [0, 0.1) is 0 Å². The van der Waals surface area contributed by atoms with E-state index in [0.717, 1.165) is 45.2 Å². The van der Waals surface area contributed by atoms with Gasteiger partial charge in [-0.25, -0.2) is 0 Å². The van der Waals surface area contributed by atoms with Gasteiger partial charge >= 0.3 is 6.18 Å². The van der Waals surface area contributed by atoms with Crippen LogP contribution in [0.4, 0.5) is 24.5 Å². The molecule has 1 aromatic heterocycles. The van der Waals surface area contributed by atoms with Gasteiger partial charge in [-0.05, 0) is 61.1 Å². The van der Waals surface area contributed by atoms with Crippen molar-refractivity contribution in [2.24, 2.45) is 0 Å². The number of alkyl halides is 3. The maximum atomic E-state index is 12.9. The van der Waals surface area contributed by atoms with Crippen molar-refractivity contribution in [2.45, 2.75) is 64.1 Å². The summed E-state index contributed by atoms with van der Waals surface area (Å²) in [5.74, 6) is 0.171. The number of nitrogens with zero attached hydrogens (tertiary/aromatic N) is 4. The second-order valence-electron chi connectivity index (χ2n) is 11.5. The number of halogens is 3. The molecule has 6 nitrogen and oxygen atoms in total. The number of benzene rings is 1. The summed E-state index contributed by atoms with van der Waals surface area (Å²) in [6.45, 7) is 12.8. The van der Waals surface area contributed by atoms with E-state index in [0.29, 0.717) is 38.0 Å². The number of carbonyl (C=O) groups excluding carboxylic acids is 1. The van der Waals surface area contributed by atoms with E-state index in [1.165, 1.54) is 17.4 Å². The predicted octanol–water partition coefficient (Wildman–Crippen LogP) is 5.40. The van der Waals surface area contributed by atoms with Crippen LogP contribution < -0.4 is 10.2 Å². The van der Waals surface area contributed by atoms with E-state index in [9.17, 15) is 18.0 Å². The molecule has 2 aliphatic rings. The van der Waals surface area contributed by atoms with Crippen LogP contribution in [0.2, 0.25) is 0 Å². The molecule has 0 atom stereocenters. The first-order chi connectivity index (χ1) is 18.0. The number of hydrogen-bond donors (Lipinski definition) is 1. The summed E-state index contributed by atoms with van der Waals surface area (Å²) in [5.41, 5.74) is 2.30. The molecule has 2 aliphatic heterocycles. The number of amides is 1. The van der Waals surface area contributed by atoms with Gasteiger partial charge in [-0.15, -0.1) is 0 Å². The lowest BCUT2D eigenvalue weighted by molar-refractivity contribution is -0.141. The average Bonchev–Trinajstić information content (AvgIpc) is 2.89. The smallest absolute Gasteiger partial charge is 0.382 e. The fourth-order valence-corrected chi connectivity index (χ4v) is 5.20. The minimum atomic E-state index is -4.46. The molecule has 3 heterocycles. The molecule has 2 aromatic rings. The highest BCUT2D eigenvalue weighted by molar-refractivity contribution is 5.76. The zero-order valence-electron chi connectivity index (χ0n) is 22.7. The van der Waals surface area contributed by atoms with Gasteiger partial charge in [0.2, 0.25) is 5.91 Å². The molecule has 0 bridgehead atoms. The first-order valence-corrected chi connectivity index (χ1v) is 13.6. The highest BCUT2D eigenvalue weighted by Gasteiger charge is 2.33. The molecule has 0 saturated carbocycles. The fraction of sp³-hybridized carbons (Fsp3) is 0.586. The SMILES string of the molecule is CC(C)(C)c1ccc(N2CCN(CCCC(=O)N3CCC(Nc4ccnc(C(F)(F)F)c4)CC3)CC2)cc1. The van der Waals surface area contributed by atoms with Crippen LogP contribution in [0.15, 0.2) is 42.6 Å². The van der Waals surface area contributed by atoms with Gasteiger partial charge in [0.1, 0.15) is 5.69 Å². The van der Waals surface area contributed by atoms with E-state index in [4.69, 9.17) is 0 Å². The van der Waals surface area contributed by atoms with Gasteiger partial charge in [0.05, 0.1) is 0 Å². The molecule has 9 heteroatoms. The number of piperidine rings is 1. The molecule has 4 rings (SSSR count). The average molecular weight is 532 g/mol. The highest BCUT2D eigenvalue weighted by atomic mass is 19.4. The molecule has 1 aromatic carbocycles. The van der Waals surface area contributed by atoms with Gasteiger partial charge < -0.3 is 15.1 Å². The monoisotopic (exact) mass is 531 g/mol. The molecule has 208 valence electrons. The van der Waals surface area contributed by atoms with Crippen molar-refractivity contribution < 1.29 is 18.0 Å². The van der Waals surface area contributed by atoms with Crippen molar-refractivity contribution in [3.05, 3.63) is 53.9 Å². The predicted molar refractivity (Wildman–Crippen MR) is 145 cm³/mol. The Morgan fingerprint density at radius 2 is 1.63 bits per heavy atom. The van der Waals surface area contributed by atoms with E-state index < -0.39 is 11.9 Å². The largest absolute Gasteiger partial charge is 0.433 e. The number of nitrogens with one attached hydrogen (secondary N) is 1. The fourth-order valence-electron chi connectivity index (χ4n) is 5.20. The van der Waals surface area contributed by atoms with Crippen LogP contribution >= 0.6 is 0 Å². The zero-order valence-corrected chi connectivity index (χ0v) is 22.7. The first kappa shape index (κ1) is 28.2. The number of pyridine rings is 1. The Hall–Kier alpha value is -2.81. The molecule has 2 fully saturated rings. The highest BCUT2D eigenvalue weighted by Crippen LogP contribution is 2.29. The van der Waals surface area contributed by atoms with Crippen molar-refractivity contribution in [1.29, 1.82) is 0 Å². The van der Waals surface area contributed by atoms with Gasteiger partial charge in [-0.1, -0.05) is 32.9 Å². The molecule has 0 spiro atoms. The van der Waals surface area contributed by atoms with Crippen molar-refractivity contribution in [1.82, 2.24) is 14.8 Å². The van der Waals surface area contributed by atoms with Gasteiger partial charge in [-0.2, -0.15) is 13.2 Å². The Kier molecular flexibility index (Phi) is 8.85. The Labute approximate surface area is 224 Å². The summed E-state index contributed by atoms with van der Waals surface area (Å²) in [6.07, 6.45) is -0.476. The van der Waals surface area contributed by atoms with Crippen LogP contribution in [0.5, 0.6) is 0 Å². The summed E-state index contributed by atoms with van der Waals surface area (Å²) >= 11 is 0. The number of piperazine rings is 1. The Morgan fingerprint density at radius 3 is 2.24 bits per heavy atom. The maximum Gasteiger partial charge on any atom is 0.433 e. The second kappa shape index (κ2) is 11.9. The third kappa shape index (κ3) is 7.62. The lowest BCUT2D eigenvalue weighted by Gasteiger charge is -2.36. The van der Waals surface area contributed by atoms with Crippen LogP contribution in [0.1, 0.15) is 57.7 Å². The lowest BCUT2D eigenvalue weighted by atomic mass is 9.87. The van der Waals surface area contributed by atoms with E-state index in [2.05, 4.69) is 65.1 Å². The number of likely N-dealkylation sites (tertiary alicyclic amines) is 1. The maximum absolute atomic E-state index is 12.9. The minimum absolute atomic E-state index is 0.0449. The molecule has 38 heavy (non-hydrogen) atoms.